The molecule has 0 amide bonds. The fraction of sp³-hybridized carbons (Fsp3) is 0.333. The first-order valence-electron chi connectivity index (χ1n) is 5.49. The van der Waals surface area contributed by atoms with Crippen molar-refractivity contribution in [2.45, 2.75) is 12.6 Å². The lowest BCUT2D eigenvalue weighted by Crippen LogP contribution is -2.32. The van der Waals surface area contributed by atoms with Crippen molar-refractivity contribution < 1.29 is 13.2 Å². The van der Waals surface area contributed by atoms with Gasteiger partial charge >= 0.3 is 6.18 Å². The van der Waals surface area contributed by atoms with E-state index < -0.39 is 11.7 Å². The van der Waals surface area contributed by atoms with Crippen molar-refractivity contribution in [1.82, 2.24) is 4.98 Å². The van der Waals surface area contributed by atoms with Crippen molar-refractivity contribution in [2.75, 3.05) is 18.0 Å². The molecule has 0 bridgehead atoms. The van der Waals surface area contributed by atoms with E-state index in [9.17, 15) is 13.2 Å². The lowest BCUT2D eigenvalue weighted by atomic mass is 10.1. The van der Waals surface area contributed by atoms with Crippen LogP contribution in [0, 0.1) is 11.3 Å². The summed E-state index contributed by atoms with van der Waals surface area (Å²) in [7, 11) is 0. The minimum atomic E-state index is -4.28. The minimum Gasteiger partial charge on any atom is -0.351 e. The molecule has 1 aliphatic heterocycles. The van der Waals surface area contributed by atoms with Gasteiger partial charge in [-0.15, -0.1) is 0 Å². The summed E-state index contributed by atoms with van der Waals surface area (Å²) in [6.45, 7) is 0.253. The molecule has 0 unspecified atom stereocenters. The lowest BCUT2D eigenvalue weighted by Gasteiger charge is -2.28. The van der Waals surface area contributed by atoms with Crippen LogP contribution >= 0.6 is 11.6 Å². The summed E-state index contributed by atoms with van der Waals surface area (Å²) < 4.78 is 37.5. The molecule has 0 radical (unpaired) electrons. The zero-order chi connectivity index (χ0) is 14.0. The van der Waals surface area contributed by atoms with Crippen LogP contribution in [-0.4, -0.2) is 24.2 Å². The van der Waals surface area contributed by atoms with E-state index in [1.807, 2.05) is 6.07 Å². The number of halogens is 4. The van der Waals surface area contributed by atoms with Gasteiger partial charge in [-0.25, -0.2) is 4.98 Å². The number of hydrogen-bond acceptors (Lipinski definition) is 3. The Kier molecular flexibility index (Phi) is 3.67. The van der Waals surface area contributed by atoms with Gasteiger partial charge in [-0.05, 0) is 12.5 Å². The molecule has 3 nitrogen and oxygen atoms in total. The van der Waals surface area contributed by atoms with Crippen molar-refractivity contribution in [1.29, 1.82) is 5.26 Å². The van der Waals surface area contributed by atoms with Crippen LogP contribution in [0.25, 0.3) is 0 Å². The molecule has 0 atom stereocenters. The Morgan fingerprint density at radius 2 is 2.16 bits per heavy atom. The summed E-state index contributed by atoms with van der Waals surface area (Å²) in [4.78, 5) is 5.65. The van der Waals surface area contributed by atoms with Crippen LogP contribution in [0.5, 0.6) is 0 Å². The van der Waals surface area contributed by atoms with Crippen molar-refractivity contribution >= 4 is 17.4 Å². The normalized spacial score (nSPS) is 15.9. The van der Waals surface area contributed by atoms with Crippen molar-refractivity contribution in [3.63, 3.8) is 0 Å². The number of anilines is 1. The maximum Gasteiger partial charge on any atom is 0.412 e. The third kappa shape index (κ3) is 2.82. The smallest absolute Gasteiger partial charge is 0.351 e. The molecule has 0 fully saturated rings. The number of nitrogens with zero attached hydrogens (tertiary/aromatic N) is 3. The average molecular weight is 288 g/mol. The van der Waals surface area contributed by atoms with Gasteiger partial charge in [0.15, 0.2) is 0 Å². The molecule has 0 saturated heterocycles. The lowest BCUT2D eigenvalue weighted by molar-refractivity contribution is -0.0944. The van der Waals surface area contributed by atoms with Crippen molar-refractivity contribution in [2.24, 2.45) is 0 Å². The summed E-state index contributed by atoms with van der Waals surface area (Å²) in [5, 5.41) is 9.02. The van der Waals surface area contributed by atoms with Crippen LogP contribution < -0.4 is 4.90 Å². The molecule has 2 rings (SSSR count). The summed E-state index contributed by atoms with van der Waals surface area (Å²) in [6, 6.07) is 3.38. The number of aromatic nitrogens is 1. The molecule has 1 aromatic heterocycles. The van der Waals surface area contributed by atoms with E-state index in [1.165, 1.54) is 12.3 Å². The highest BCUT2D eigenvalue weighted by atomic mass is 35.5. The van der Waals surface area contributed by atoms with Crippen LogP contribution in [-0.2, 0) is 0 Å². The Labute approximate surface area is 112 Å². The van der Waals surface area contributed by atoms with Crippen molar-refractivity contribution in [3.8, 4) is 6.07 Å². The van der Waals surface area contributed by atoms with Gasteiger partial charge in [-0.1, -0.05) is 17.7 Å². The molecule has 19 heavy (non-hydrogen) atoms. The molecule has 2 heterocycles. The van der Waals surface area contributed by atoms with Gasteiger partial charge in [0, 0.05) is 24.9 Å². The van der Waals surface area contributed by atoms with Gasteiger partial charge in [0.05, 0.1) is 5.56 Å². The molecule has 0 aliphatic carbocycles. The molecule has 1 aliphatic rings. The predicted molar refractivity (Wildman–Crippen MR) is 64.9 cm³/mol. The topological polar surface area (TPSA) is 39.9 Å². The van der Waals surface area contributed by atoms with Crippen LogP contribution in [0.15, 0.2) is 23.9 Å². The number of alkyl halides is 3. The van der Waals surface area contributed by atoms with Crippen LogP contribution in [0.2, 0.25) is 5.02 Å². The standard InChI is InChI=1S/C12H9ClF3N3/c13-10-8(7-17)1-4-18-11(10)19-5-2-9(3-6-19)12(14,15)16/h1-2,4H,3,5-6H2. The second-order valence-electron chi connectivity index (χ2n) is 4.03. The highest BCUT2D eigenvalue weighted by Gasteiger charge is 2.35. The summed E-state index contributed by atoms with van der Waals surface area (Å²) in [5.74, 6) is 0.346. The molecule has 0 saturated carbocycles. The maximum absolute atomic E-state index is 12.5. The molecular weight excluding hydrogens is 279 g/mol. The van der Waals surface area contributed by atoms with Crippen molar-refractivity contribution in [3.05, 3.63) is 34.5 Å². The number of pyridine rings is 1. The molecule has 100 valence electrons. The third-order valence-corrected chi connectivity index (χ3v) is 3.24. The van der Waals surface area contributed by atoms with E-state index in [-0.39, 0.29) is 30.1 Å². The first-order valence-corrected chi connectivity index (χ1v) is 5.87. The molecular formula is C12H9ClF3N3. The van der Waals surface area contributed by atoms with Crippen LogP contribution in [0.4, 0.5) is 19.0 Å². The monoisotopic (exact) mass is 287 g/mol. The largest absolute Gasteiger partial charge is 0.412 e. The molecule has 0 spiro atoms. The van der Waals surface area contributed by atoms with E-state index >= 15 is 0 Å². The van der Waals surface area contributed by atoms with E-state index in [0.29, 0.717) is 5.82 Å². The van der Waals surface area contributed by atoms with E-state index in [0.717, 1.165) is 6.08 Å². The number of hydrogen-bond donors (Lipinski definition) is 0. The van der Waals surface area contributed by atoms with Gasteiger partial charge in [-0.3, -0.25) is 0 Å². The SMILES string of the molecule is N#Cc1ccnc(N2CC=C(C(F)(F)F)CC2)c1Cl. The van der Waals surface area contributed by atoms with E-state index in [4.69, 9.17) is 16.9 Å². The zero-order valence-corrected chi connectivity index (χ0v) is 10.5. The Morgan fingerprint density at radius 1 is 1.42 bits per heavy atom. The van der Waals surface area contributed by atoms with E-state index in [2.05, 4.69) is 4.98 Å². The Hall–Kier alpha value is -1.74. The average Bonchev–Trinajstić information content (AvgIpc) is 2.38. The molecule has 0 aromatic carbocycles. The molecule has 1 aromatic rings. The maximum atomic E-state index is 12.5. The van der Waals surface area contributed by atoms with Crippen LogP contribution in [0.1, 0.15) is 12.0 Å². The highest BCUT2D eigenvalue weighted by Crippen LogP contribution is 2.33. The van der Waals surface area contributed by atoms with E-state index in [1.54, 1.807) is 4.90 Å². The van der Waals surface area contributed by atoms with Gasteiger partial charge in [-0.2, -0.15) is 18.4 Å². The Balaban J connectivity index is 2.24. The third-order valence-electron chi connectivity index (χ3n) is 2.86. The summed E-state index contributed by atoms with van der Waals surface area (Å²) >= 11 is 6.00. The number of rotatable bonds is 1. The first-order chi connectivity index (χ1) is 8.93. The molecule has 7 heteroatoms. The Morgan fingerprint density at radius 3 is 2.68 bits per heavy atom. The van der Waals surface area contributed by atoms with Gasteiger partial charge in [0.25, 0.3) is 0 Å². The zero-order valence-electron chi connectivity index (χ0n) is 9.71. The van der Waals surface area contributed by atoms with Gasteiger partial charge in [0.2, 0.25) is 0 Å². The highest BCUT2D eigenvalue weighted by molar-refractivity contribution is 6.34. The van der Waals surface area contributed by atoms with Crippen LogP contribution in [0.3, 0.4) is 0 Å². The van der Waals surface area contributed by atoms with Gasteiger partial charge in [0.1, 0.15) is 16.9 Å². The minimum absolute atomic E-state index is 0.0798. The second kappa shape index (κ2) is 5.10. The fourth-order valence-electron chi connectivity index (χ4n) is 1.86. The molecule has 0 N–H and O–H groups in total. The second-order valence-corrected chi connectivity index (χ2v) is 4.41. The fourth-order valence-corrected chi connectivity index (χ4v) is 2.13. The first kappa shape index (κ1) is 13.7. The quantitative estimate of drug-likeness (QED) is 0.744. The summed E-state index contributed by atoms with van der Waals surface area (Å²) in [5.41, 5.74) is -0.270. The number of nitriles is 1. The predicted octanol–water partition coefficient (Wildman–Crippen LogP) is 3.31. The Bertz CT molecular complexity index is 560. The van der Waals surface area contributed by atoms with Gasteiger partial charge < -0.3 is 4.90 Å². The summed E-state index contributed by atoms with van der Waals surface area (Å²) in [6.07, 6.45) is -1.85.